The second kappa shape index (κ2) is 15.0. The fraction of sp³-hybridized carbons (Fsp3) is 0.333. The molecule has 2 aromatic carbocycles. The van der Waals surface area contributed by atoms with Crippen molar-refractivity contribution in [2.45, 2.75) is 51.7 Å². The number of ether oxygens (including phenoxy) is 1. The van der Waals surface area contributed by atoms with Gasteiger partial charge in [0.25, 0.3) is 17.7 Å². The quantitative estimate of drug-likeness (QED) is 0.238. The average molecular weight is 750 g/mol. The zero-order valence-corrected chi connectivity index (χ0v) is 29.4. The summed E-state index contributed by atoms with van der Waals surface area (Å²) in [6, 6.07) is 20.2. The van der Waals surface area contributed by atoms with Crippen molar-refractivity contribution in [2.75, 3.05) is 13.2 Å². The number of amides is 3. The predicted octanol–water partition coefficient (Wildman–Crippen LogP) is 0.327. The second-order valence-electron chi connectivity index (χ2n) is 12.6. The van der Waals surface area contributed by atoms with Gasteiger partial charge in [0.1, 0.15) is 31.3 Å². The summed E-state index contributed by atoms with van der Waals surface area (Å²) in [6.45, 7) is 7.41. The van der Waals surface area contributed by atoms with Crippen LogP contribution in [0.2, 0.25) is 0 Å². The molecule has 0 aliphatic carbocycles. The Hall–Kier alpha value is -4.39. The molecule has 11 heteroatoms. The highest BCUT2D eigenvalue weighted by Gasteiger charge is 2.45. The number of rotatable bonds is 10. The van der Waals surface area contributed by atoms with Gasteiger partial charge in [-0.1, -0.05) is 74.5 Å². The third kappa shape index (κ3) is 8.13. The summed E-state index contributed by atoms with van der Waals surface area (Å²) >= 11 is 0. The van der Waals surface area contributed by atoms with Crippen LogP contribution >= 0.6 is 0 Å². The van der Waals surface area contributed by atoms with Gasteiger partial charge in [0.2, 0.25) is 11.7 Å². The van der Waals surface area contributed by atoms with Crippen LogP contribution in [0.15, 0.2) is 96.4 Å². The van der Waals surface area contributed by atoms with Crippen LogP contribution in [0.25, 0.3) is 5.70 Å². The largest absolute Gasteiger partial charge is 1.00 e. The number of hydrogen-bond donors (Lipinski definition) is 1. The second-order valence-corrected chi connectivity index (χ2v) is 12.6. The fourth-order valence-corrected chi connectivity index (χ4v) is 5.68. The number of aromatic nitrogens is 1. The monoisotopic (exact) mass is 749 g/mol. The highest BCUT2D eigenvalue weighted by atomic mass is 127. The number of hydrogen-bond acceptors (Lipinski definition) is 6. The van der Waals surface area contributed by atoms with Crippen LogP contribution in [0, 0.1) is 5.92 Å². The molecule has 3 aromatic rings. The average Bonchev–Trinajstić information content (AvgIpc) is 3.42. The Kier molecular flexibility index (Phi) is 11.3. The molecule has 0 saturated heterocycles. The summed E-state index contributed by atoms with van der Waals surface area (Å²) in [4.78, 5) is 63.1. The molecule has 5 rings (SSSR count). The topological polar surface area (TPSA) is 112 Å². The Morgan fingerprint density at radius 3 is 2.28 bits per heavy atom. The minimum absolute atomic E-state index is 0. The van der Waals surface area contributed by atoms with Crippen LogP contribution in [0.4, 0.5) is 0 Å². The van der Waals surface area contributed by atoms with Gasteiger partial charge in [-0.05, 0) is 37.0 Å². The third-order valence-electron chi connectivity index (χ3n) is 7.95. The van der Waals surface area contributed by atoms with E-state index in [-0.39, 0.29) is 61.3 Å². The number of aliphatic imine (C=N–C) groups is 1. The van der Waals surface area contributed by atoms with Crippen molar-refractivity contribution in [3.63, 3.8) is 0 Å². The van der Waals surface area contributed by atoms with Crippen LogP contribution in [0.3, 0.4) is 0 Å². The van der Waals surface area contributed by atoms with Crippen molar-refractivity contribution >= 4 is 35.1 Å². The van der Waals surface area contributed by atoms with Crippen molar-refractivity contribution in [1.29, 1.82) is 0 Å². The van der Waals surface area contributed by atoms with Crippen LogP contribution < -0.4 is 33.9 Å². The normalized spacial score (nSPS) is 17.7. The predicted molar refractivity (Wildman–Crippen MR) is 173 cm³/mol. The maximum absolute atomic E-state index is 14.7. The van der Waals surface area contributed by atoms with E-state index in [2.05, 4.69) is 10.3 Å². The number of carbonyl (C=O) groups excluding carboxylic acids is 4. The Morgan fingerprint density at radius 1 is 1.02 bits per heavy atom. The summed E-state index contributed by atoms with van der Waals surface area (Å²) in [6.07, 6.45) is 5.40. The molecule has 2 aliphatic heterocycles. The van der Waals surface area contributed by atoms with Gasteiger partial charge in [-0.2, -0.15) is 0 Å². The summed E-state index contributed by atoms with van der Waals surface area (Å²) in [5, 5.41) is 2.75. The lowest BCUT2D eigenvalue weighted by atomic mass is 9.93. The van der Waals surface area contributed by atoms with Crippen molar-refractivity contribution in [1.82, 2.24) is 15.1 Å². The highest BCUT2D eigenvalue weighted by molar-refractivity contribution is 6.37. The van der Waals surface area contributed by atoms with E-state index in [1.807, 2.05) is 102 Å². The minimum Gasteiger partial charge on any atom is -1.00 e. The lowest BCUT2D eigenvalue weighted by Gasteiger charge is -2.44. The van der Waals surface area contributed by atoms with Gasteiger partial charge >= 0.3 is 0 Å². The smallest absolute Gasteiger partial charge is 0.264 e. The fourth-order valence-electron chi connectivity index (χ4n) is 5.68. The molecule has 2 aliphatic rings. The van der Waals surface area contributed by atoms with Crippen LogP contribution in [-0.2, 0) is 32.6 Å². The summed E-state index contributed by atoms with van der Waals surface area (Å²) in [5.41, 5.74) is 1.80. The van der Waals surface area contributed by atoms with Crippen molar-refractivity contribution < 1.29 is 52.5 Å². The van der Waals surface area contributed by atoms with Crippen molar-refractivity contribution in [2.24, 2.45) is 18.0 Å². The van der Waals surface area contributed by atoms with E-state index in [1.54, 1.807) is 29.1 Å². The van der Waals surface area contributed by atoms with E-state index in [9.17, 15) is 19.2 Å². The molecule has 1 aromatic heterocycles. The molecule has 246 valence electrons. The number of Topliss-reactive ketones (excluding diaryl/α,β-unsaturated/α-hetero) is 1. The number of pyridine rings is 1. The molecule has 0 spiro atoms. The van der Waals surface area contributed by atoms with Crippen LogP contribution in [0.5, 0.6) is 0 Å². The van der Waals surface area contributed by atoms with Crippen LogP contribution in [-0.4, -0.2) is 70.0 Å². The SMILES string of the molecule is CC(C)[C@@H]1C(=O)N([C@@H](Cc2ccccc2)C(=O)NCC(=O)C2=NC(C)(C)CO2)C(c2ccccc2)=CN1C(=O)c1ccc[n+](C)c1.[I-]. The minimum atomic E-state index is -1.04. The molecular formula is C36H40IN5O5. The Morgan fingerprint density at radius 2 is 1.68 bits per heavy atom. The van der Waals surface area contributed by atoms with E-state index in [0.29, 0.717) is 16.8 Å². The molecule has 0 unspecified atom stereocenters. The first-order chi connectivity index (χ1) is 21.9. The number of halogens is 1. The lowest BCUT2D eigenvalue weighted by molar-refractivity contribution is -0.671. The molecule has 47 heavy (non-hydrogen) atoms. The number of carbonyl (C=O) groups is 4. The molecule has 0 saturated carbocycles. The van der Waals surface area contributed by atoms with Gasteiger partial charge in [-0.15, -0.1) is 0 Å². The van der Waals surface area contributed by atoms with Gasteiger partial charge in [0, 0.05) is 18.7 Å². The molecule has 3 heterocycles. The molecular weight excluding hydrogens is 709 g/mol. The Balaban J connectivity index is 0.00000500. The summed E-state index contributed by atoms with van der Waals surface area (Å²) in [7, 11) is 1.83. The first-order valence-corrected chi connectivity index (χ1v) is 15.4. The summed E-state index contributed by atoms with van der Waals surface area (Å²) in [5.74, 6) is -1.99. The van der Waals surface area contributed by atoms with E-state index in [4.69, 9.17) is 4.74 Å². The molecule has 0 bridgehead atoms. The van der Waals surface area contributed by atoms with Gasteiger partial charge in [0.15, 0.2) is 12.4 Å². The number of aryl methyl sites for hydroxylation is 1. The molecule has 10 nitrogen and oxygen atoms in total. The van der Waals surface area contributed by atoms with E-state index in [1.165, 1.54) is 9.80 Å². The van der Waals surface area contributed by atoms with Gasteiger partial charge < -0.3 is 34.0 Å². The van der Waals surface area contributed by atoms with Gasteiger partial charge in [-0.25, -0.2) is 9.56 Å². The lowest BCUT2D eigenvalue weighted by Crippen LogP contribution is -3.00. The molecule has 3 amide bonds. The maximum Gasteiger partial charge on any atom is 0.264 e. The Labute approximate surface area is 292 Å². The number of nitrogens with zero attached hydrogens (tertiary/aromatic N) is 4. The number of ketones is 1. The molecule has 2 atom stereocenters. The maximum atomic E-state index is 14.7. The van der Waals surface area contributed by atoms with Gasteiger partial charge in [0.05, 0.1) is 17.8 Å². The number of benzene rings is 2. The molecule has 0 fully saturated rings. The zero-order valence-electron chi connectivity index (χ0n) is 27.2. The highest BCUT2D eigenvalue weighted by Crippen LogP contribution is 2.33. The van der Waals surface area contributed by atoms with E-state index >= 15 is 0 Å². The molecule has 1 N–H and O–H groups in total. The first kappa shape index (κ1) is 35.5. The van der Waals surface area contributed by atoms with Gasteiger partial charge in [-0.3, -0.25) is 29.0 Å². The number of nitrogens with one attached hydrogen (secondary N) is 1. The summed E-state index contributed by atoms with van der Waals surface area (Å²) < 4.78 is 7.26. The van der Waals surface area contributed by atoms with Crippen molar-refractivity contribution in [3.8, 4) is 0 Å². The zero-order chi connectivity index (χ0) is 33.0. The molecule has 0 radical (unpaired) electrons. The van der Waals surface area contributed by atoms with E-state index < -0.39 is 35.2 Å². The standard InChI is InChI=1S/C36H39N5O5.HI/c1-24(2)31-35(45)41(29(26-15-10-7-11-16-26)22-40(31)34(44)27-17-12-18-39(5)21-27)28(19-25-13-8-6-9-14-25)32(43)37-20-30(42)33-38-36(3,4)23-46-33;/h6-18,21-22,24,28,31H,19-20,23H2,1-5H3;1H/t28-,31+;/m0./s1. The first-order valence-electron chi connectivity index (χ1n) is 15.4. The van der Waals surface area contributed by atoms with Crippen molar-refractivity contribution in [3.05, 3.63) is 108 Å². The van der Waals surface area contributed by atoms with E-state index in [0.717, 1.165) is 5.56 Å². The third-order valence-corrected chi connectivity index (χ3v) is 7.95. The Bertz CT molecular complexity index is 1690. The van der Waals surface area contributed by atoms with Crippen LogP contribution in [0.1, 0.15) is 49.2 Å².